The lowest BCUT2D eigenvalue weighted by molar-refractivity contribution is -0.133. The quantitative estimate of drug-likeness (QED) is 0.582. The summed E-state index contributed by atoms with van der Waals surface area (Å²) in [5.41, 5.74) is 0. The molecule has 0 spiro atoms. The van der Waals surface area contributed by atoms with E-state index in [2.05, 4.69) is 31.0 Å². The molecule has 1 rings (SSSR count). The Hall–Kier alpha value is -0.570. The summed E-state index contributed by atoms with van der Waals surface area (Å²) >= 11 is 0. The molecule has 1 heterocycles. The fraction of sp³-hybridized carbons (Fsp3) is 0.944. The van der Waals surface area contributed by atoms with Crippen molar-refractivity contribution in [1.29, 1.82) is 0 Å². The smallest absolute Gasteiger partial charge is 0.222 e. The van der Waals surface area contributed by atoms with Crippen molar-refractivity contribution in [2.24, 2.45) is 0 Å². The van der Waals surface area contributed by atoms with Crippen LogP contribution < -0.4 is 5.32 Å². The van der Waals surface area contributed by atoms with Gasteiger partial charge in [0.05, 0.1) is 0 Å². The third-order valence-corrected chi connectivity index (χ3v) is 4.52. The largest absolute Gasteiger partial charge is 0.339 e. The molecule has 124 valence electrons. The Morgan fingerprint density at radius 3 is 2.38 bits per heavy atom. The van der Waals surface area contributed by atoms with Crippen LogP contribution in [0.4, 0.5) is 0 Å². The van der Waals surface area contributed by atoms with Gasteiger partial charge in [-0.2, -0.15) is 0 Å². The first-order valence-corrected chi connectivity index (χ1v) is 9.18. The first kappa shape index (κ1) is 18.5. The highest BCUT2D eigenvalue weighted by atomic mass is 16.2. The number of amides is 1. The zero-order valence-corrected chi connectivity index (χ0v) is 14.5. The van der Waals surface area contributed by atoms with E-state index in [0.717, 1.165) is 25.9 Å². The van der Waals surface area contributed by atoms with Crippen LogP contribution in [-0.4, -0.2) is 36.0 Å². The lowest BCUT2D eigenvalue weighted by atomic mass is 10.1. The van der Waals surface area contributed by atoms with Crippen molar-refractivity contribution in [3.8, 4) is 0 Å². The molecule has 1 amide bonds. The number of hydrogen-bond acceptors (Lipinski definition) is 2. The molecule has 1 aliphatic rings. The molecule has 1 aliphatic heterocycles. The van der Waals surface area contributed by atoms with E-state index in [-0.39, 0.29) is 0 Å². The van der Waals surface area contributed by atoms with Crippen molar-refractivity contribution < 1.29 is 4.79 Å². The Labute approximate surface area is 131 Å². The SMILES string of the molecule is CCCCCCCCCC(=O)N(CC1CCCN1)C(C)C. The number of carbonyl (C=O) groups is 1. The van der Waals surface area contributed by atoms with Gasteiger partial charge >= 0.3 is 0 Å². The van der Waals surface area contributed by atoms with Gasteiger partial charge in [0, 0.05) is 25.0 Å². The number of nitrogens with one attached hydrogen (secondary N) is 1. The molecule has 0 saturated carbocycles. The second-order valence-corrected chi connectivity index (χ2v) is 6.80. The van der Waals surface area contributed by atoms with Crippen LogP contribution in [0.15, 0.2) is 0 Å². The molecule has 0 aromatic carbocycles. The molecular formula is C18H36N2O. The molecule has 0 aliphatic carbocycles. The van der Waals surface area contributed by atoms with Crippen molar-refractivity contribution in [1.82, 2.24) is 10.2 Å². The van der Waals surface area contributed by atoms with Gasteiger partial charge in [-0.3, -0.25) is 4.79 Å². The van der Waals surface area contributed by atoms with Crippen molar-refractivity contribution in [3.63, 3.8) is 0 Å². The summed E-state index contributed by atoms with van der Waals surface area (Å²) in [4.78, 5) is 14.5. The Morgan fingerprint density at radius 2 is 1.81 bits per heavy atom. The second kappa shape index (κ2) is 11.1. The first-order valence-electron chi connectivity index (χ1n) is 9.18. The molecule has 0 aromatic rings. The third kappa shape index (κ3) is 7.85. The highest BCUT2D eigenvalue weighted by Gasteiger charge is 2.22. The van der Waals surface area contributed by atoms with Crippen LogP contribution >= 0.6 is 0 Å². The third-order valence-electron chi connectivity index (χ3n) is 4.52. The number of nitrogens with zero attached hydrogens (tertiary/aromatic N) is 1. The topological polar surface area (TPSA) is 32.3 Å². The summed E-state index contributed by atoms with van der Waals surface area (Å²) in [6.07, 6.45) is 12.1. The minimum atomic E-state index is 0.324. The van der Waals surface area contributed by atoms with Crippen molar-refractivity contribution in [2.45, 2.75) is 97.1 Å². The van der Waals surface area contributed by atoms with E-state index in [0.29, 0.717) is 18.0 Å². The van der Waals surface area contributed by atoms with Crippen molar-refractivity contribution in [2.75, 3.05) is 13.1 Å². The number of carbonyl (C=O) groups excluding carboxylic acids is 1. The van der Waals surface area contributed by atoms with Crippen molar-refractivity contribution in [3.05, 3.63) is 0 Å². The summed E-state index contributed by atoms with van der Waals surface area (Å²) in [6.45, 7) is 8.53. The lowest BCUT2D eigenvalue weighted by Gasteiger charge is -2.29. The van der Waals surface area contributed by atoms with Gasteiger partial charge in [0.1, 0.15) is 0 Å². The molecule has 1 atom stereocenters. The highest BCUT2D eigenvalue weighted by Crippen LogP contribution is 2.13. The Balaban J connectivity index is 2.16. The van der Waals surface area contributed by atoms with Crippen LogP contribution in [-0.2, 0) is 4.79 Å². The van der Waals surface area contributed by atoms with E-state index < -0.39 is 0 Å². The number of unbranched alkanes of at least 4 members (excludes halogenated alkanes) is 6. The van der Waals surface area contributed by atoms with Crippen molar-refractivity contribution >= 4 is 5.91 Å². The van der Waals surface area contributed by atoms with Crippen LogP contribution in [0.2, 0.25) is 0 Å². The molecule has 0 aromatic heterocycles. The molecule has 3 nitrogen and oxygen atoms in total. The Kier molecular flexibility index (Phi) is 9.73. The maximum absolute atomic E-state index is 12.4. The van der Waals surface area contributed by atoms with Gasteiger partial charge in [0.15, 0.2) is 0 Å². The minimum Gasteiger partial charge on any atom is -0.339 e. The first-order chi connectivity index (χ1) is 10.1. The second-order valence-electron chi connectivity index (χ2n) is 6.80. The molecule has 1 fully saturated rings. The molecule has 1 unspecified atom stereocenters. The molecule has 1 saturated heterocycles. The molecule has 0 radical (unpaired) electrons. The summed E-state index contributed by atoms with van der Waals surface area (Å²) < 4.78 is 0. The van der Waals surface area contributed by atoms with Gasteiger partial charge in [-0.05, 0) is 39.7 Å². The van der Waals surface area contributed by atoms with Gasteiger partial charge in [-0.1, -0.05) is 45.4 Å². The molecule has 0 bridgehead atoms. The molecular weight excluding hydrogens is 260 g/mol. The minimum absolute atomic E-state index is 0.324. The Morgan fingerprint density at radius 1 is 1.14 bits per heavy atom. The van der Waals surface area contributed by atoms with Gasteiger partial charge in [0.25, 0.3) is 0 Å². The lowest BCUT2D eigenvalue weighted by Crippen LogP contribution is -2.44. The fourth-order valence-electron chi connectivity index (χ4n) is 3.13. The van der Waals surface area contributed by atoms with Crippen LogP contribution in [0.5, 0.6) is 0 Å². The average Bonchev–Trinajstić information content (AvgIpc) is 2.96. The zero-order chi connectivity index (χ0) is 15.5. The summed E-state index contributed by atoms with van der Waals surface area (Å²) in [5.74, 6) is 0.354. The average molecular weight is 296 g/mol. The maximum atomic E-state index is 12.4. The summed E-state index contributed by atoms with van der Waals surface area (Å²) in [5, 5.41) is 3.50. The fourth-order valence-corrected chi connectivity index (χ4v) is 3.13. The van der Waals surface area contributed by atoms with Crippen LogP contribution in [0.3, 0.4) is 0 Å². The van der Waals surface area contributed by atoms with E-state index in [1.807, 2.05) is 0 Å². The van der Waals surface area contributed by atoms with Crippen LogP contribution in [0.1, 0.15) is 85.0 Å². The van der Waals surface area contributed by atoms with E-state index in [1.54, 1.807) is 0 Å². The molecule has 1 N–H and O–H groups in total. The van der Waals surface area contributed by atoms with Gasteiger partial charge in [0.2, 0.25) is 5.91 Å². The standard InChI is InChI=1S/C18H36N2O/c1-4-5-6-7-8-9-10-13-18(21)20(16(2)3)15-17-12-11-14-19-17/h16-17,19H,4-15H2,1-3H3. The van der Waals surface area contributed by atoms with Crippen LogP contribution in [0.25, 0.3) is 0 Å². The van der Waals surface area contributed by atoms with Gasteiger partial charge < -0.3 is 10.2 Å². The van der Waals surface area contributed by atoms with E-state index in [1.165, 1.54) is 51.4 Å². The number of hydrogen-bond donors (Lipinski definition) is 1. The predicted octanol–water partition coefficient (Wildman–Crippen LogP) is 4.12. The predicted molar refractivity (Wildman–Crippen MR) is 90.5 cm³/mol. The normalized spacial score (nSPS) is 18.4. The summed E-state index contributed by atoms with van der Waals surface area (Å²) in [7, 11) is 0. The zero-order valence-electron chi connectivity index (χ0n) is 14.5. The van der Waals surface area contributed by atoms with E-state index in [4.69, 9.17) is 0 Å². The summed E-state index contributed by atoms with van der Waals surface area (Å²) in [6, 6.07) is 0.842. The maximum Gasteiger partial charge on any atom is 0.222 e. The van der Waals surface area contributed by atoms with Gasteiger partial charge in [-0.15, -0.1) is 0 Å². The van der Waals surface area contributed by atoms with Crippen LogP contribution in [0, 0.1) is 0 Å². The number of rotatable bonds is 11. The van der Waals surface area contributed by atoms with Gasteiger partial charge in [-0.25, -0.2) is 0 Å². The molecule has 21 heavy (non-hydrogen) atoms. The Bertz CT molecular complexity index is 272. The monoisotopic (exact) mass is 296 g/mol. The van der Waals surface area contributed by atoms with E-state index >= 15 is 0 Å². The van der Waals surface area contributed by atoms with E-state index in [9.17, 15) is 4.79 Å². The highest BCUT2D eigenvalue weighted by molar-refractivity contribution is 5.76. The molecule has 3 heteroatoms.